The topological polar surface area (TPSA) is 75.3 Å². The first-order valence-electron chi connectivity index (χ1n) is 8.83. The zero-order chi connectivity index (χ0) is 20.0. The fourth-order valence-corrected chi connectivity index (χ4v) is 4.00. The molecule has 1 atom stereocenters. The van der Waals surface area contributed by atoms with Crippen molar-refractivity contribution in [3.8, 4) is 0 Å². The fourth-order valence-electron chi connectivity index (χ4n) is 2.62. The number of carbonyl (C=O) groups is 1. The van der Waals surface area contributed by atoms with Gasteiger partial charge in [-0.25, -0.2) is 13.1 Å². The standard InChI is InChI=1S/C20H25ClN2O3S/c1-14(2)23-27(25,26)19-11-4-16(5-12-19)6-13-20(24)22-15(3)17-7-9-18(21)10-8-17/h4-5,7-12,14-15,23H,6,13H2,1-3H3,(H,22,24)/t15-/m1/s1. The van der Waals surface area contributed by atoms with Crippen LogP contribution < -0.4 is 10.0 Å². The van der Waals surface area contributed by atoms with Gasteiger partial charge in [-0.15, -0.1) is 0 Å². The van der Waals surface area contributed by atoms with E-state index in [1.54, 1.807) is 50.2 Å². The van der Waals surface area contributed by atoms with Crippen LogP contribution in [0.2, 0.25) is 5.02 Å². The van der Waals surface area contributed by atoms with Crippen molar-refractivity contribution in [2.75, 3.05) is 0 Å². The molecule has 146 valence electrons. The lowest BCUT2D eigenvalue weighted by Crippen LogP contribution is -2.30. The number of amides is 1. The molecule has 7 heteroatoms. The Morgan fingerprint density at radius 1 is 1.00 bits per heavy atom. The zero-order valence-corrected chi connectivity index (χ0v) is 17.3. The van der Waals surface area contributed by atoms with Crippen molar-refractivity contribution in [3.63, 3.8) is 0 Å². The number of sulfonamides is 1. The third kappa shape index (κ3) is 6.65. The molecule has 0 bridgehead atoms. The van der Waals surface area contributed by atoms with Gasteiger partial charge in [0.2, 0.25) is 15.9 Å². The summed E-state index contributed by atoms with van der Waals surface area (Å²) in [5.41, 5.74) is 1.90. The van der Waals surface area contributed by atoms with Gasteiger partial charge in [0.1, 0.15) is 0 Å². The normalized spacial score (nSPS) is 12.8. The van der Waals surface area contributed by atoms with Crippen molar-refractivity contribution in [2.24, 2.45) is 0 Å². The second-order valence-electron chi connectivity index (χ2n) is 6.76. The van der Waals surface area contributed by atoms with E-state index >= 15 is 0 Å². The molecular weight excluding hydrogens is 384 g/mol. The Kier molecular flexibility index (Phi) is 7.41. The molecule has 0 saturated heterocycles. The van der Waals surface area contributed by atoms with Gasteiger partial charge in [-0.3, -0.25) is 4.79 Å². The number of aryl methyl sites for hydroxylation is 1. The molecule has 0 spiro atoms. The first-order chi connectivity index (χ1) is 12.7. The van der Waals surface area contributed by atoms with Crippen LogP contribution in [0, 0.1) is 0 Å². The monoisotopic (exact) mass is 408 g/mol. The molecule has 0 radical (unpaired) electrons. The first kappa shape index (κ1) is 21.4. The van der Waals surface area contributed by atoms with Crippen molar-refractivity contribution in [1.29, 1.82) is 0 Å². The summed E-state index contributed by atoms with van der Waals surface area (Å²) in [6.45, 7) is 5.47. The molecule has 0 aliphatic heterocycles. The first-order valence-corrected chi connectivity index (χ1v) is 10.7. The molecule has 0 aliphatic carbocycles. The highest BCUT2D eigenvalue weighted by atomic mass is 35.5. The average Bonchev–Trinajstić information content (AvgIpc) is 2.60. The predicted molar refractivity (Wildman–Crippen MR) is 108 cm³/mol. The summed E-state index contributed by atoms with van der Waals surface area (Å²) in [5, 5.41) is 3.61. The van der Waals surface area contributed by atoms with Crippen LogP contribution in [0.1, 0.15) is 44.4 Å². The summed E-state index contributed by atoms with van der Waals surface area (Å²) in [5.74, 6) is -0.0596. The van der Waals surface area contributed by atoms with Gasteiger partial charge in [-0.05, 0) is 62.6 Å². The molecule has 0 fully saturated rings. The van der Waals surface area contributed by atoms with E-state index in [4.69, 9.17) is 11.6 Å². The molecule has 2 aromatic carbocycles. The lowest BCUT2D eigenvalue weighted by Gasteiger charge is -2.14. The predicted octanol–water partition coefficient (Wildman–Crippen LogP) is 3.84. The quantitative estimate of drug-likeness (QED) is 0.696. The second kappa shape index (κ2) is 9.35. The van der Waals surface area contributed by atoms with E-state index in [0.29, 0.717) is 17.9 Å². The SMILES string of the molecule is CC(C)NS(=O)(=O)c1ccc(CCC(=O)N[C@H](C)c2ccc(Cl)cc2)cc1. The number of halogens is 1. The molecule has 2 N–H and O–H groups in total. The molecule has 1 amide bonds. The van der Waals surface area contributed by atoms with Crippen LogP contribution in [0.4, 0.5) is 0 Å². The van der Waals surface area contributed by atoms with Gasteiger partial charge in [0.25, 0.3) is 0 Å². The number of nitrogens with one attached hydrogen (secondary N) is 2. The maximum atomic E-state index is 12.2. The van der Waals surface area contributed by atoms with Crippen LogP contribution in [0.5, 0.6) is 0 Å². The average molecular weight is 409 g/mol. The minimum atomic E-state index is -3.50. The number of hydrogen-bond acceptors (Lipinski definition) is 3. The highest BCUT2D eigenvalue weighted by molar-refractivity contribution is 7.89. The van der Waals surface area contributed by atoms with Crippen LogP contribution in [0.3, 0.4) is 0 Å². The Morgan fingerprint density at radius 2 is 1.59 bits per heavy atom. The summed E-state index contributed by atoms with van der Waals surface area (Å²) >= 11 is 5.87. The van der Waals surface area contributed by atoms with E-state index in [-0.39, 0.29) is 22.9 Å². The Bertz CT molecular complexity index is 863. The molecule has 0 aliphatic rings. The molecule has 0 aromatic heterocycles. The Morgan fingerprint density at radius 3 is 2.15 bits per heavy atom. The van der Waals surface area contributed by atoms with Gasteiger partial charge in [-0.1, -0.05) is 35.9 Å². The number of rotatable bonds is 8. The van der Waals surface area contributed by atoms with Crippen molar-refractivity contribution in [2.45, 2.75) is 50.6 Å². The van der Waals surface area contributed by atoms with E-state index in [2.05, 4.69) is 10.0 Å². The van der Waals surface area contributed by atoms with E-state index in [1.165, 1.54) is 0 Å². The third-order valence-corrected chi connectivity index (χ3v) is 5.94. The molecule has 27 heavy (non-hydrogen) atoms. The lowest BCUT2D eigenvalue weighted by molar-refractivity contribution is -0.121. The summed E-state index contributed by atoms with van der Waals surface area (Å²) < 4.78 is 26.8. The van der Waals surface area contributed by atoms with E-state index in [1.807, 2.05) is 19.1 Å². The summed E-state index contributed by atoms with van der Waals surface area (Å²) in [6.07, 6.45) is 0.866. The molecule has 0 heterocycles. The Hall–Kier alpha value is -1.89. The van der Waals surface area contributed by atoms with Crippen molar-refractivity contribution < 1.29 is 13.2 Å². The van der Waals surface area contributed by atoms with Crippen molar-refractivity contribution in [1.82, 2.24) is 10.0 Å². The third-order valence-electron chi connectivity index (χ3n) is 4.01. The number of hydrogen-bond donors (Lipinski definition) is 2. The maximum Gasteiger partial charge on any atom is 0.240 e. The minimum Gasteiger partial charge on any atom is -0.350 e. The molecule has 0 unspecified atom stereocenters. The Labute approximate surface area is 166 Å². The Balaban J connectivity index is 1.89. The summed E-state index contributed by atoms with van der Waals surface area (Å²) in [4.78, 5) is 12.4. The molecule has 2 aromatic rings. The molecule has 0 saturated carbocycles. The van der Waals surface area contributed by atoms with Gasteiger partial charge < -0.3 is 5.32 Å². The maximum absolute atomic E-state index is 12.2. The van der Waals surface area contributed by atoms with Gasteiger partial charge in [0.15, 0.2) is 0 Å². The minimum absolute atomic E-state index is 0.0596. The van der Waals surface area contributed by atoms with Crippen molar-refractivity contribution >= 4 is 27.5 Å². The molecule has 2 rings (SSSR count). The van der Waals surface area contributed by atoms with Gasteiger partial charge in [0.05, 0.1) is 10.9 Å². The number of carbonyl (C=O) groups excluding carboxylic acids is 1. The van der Waals surface area contributed by atoms with Crippen LogP contribution in [-0.2, 0) is 21.2 Å². The second-order valence-corrected chi connectivity index (χ2v) is 8.91. The van der Waals surface area contributed by atoms with Gasteiger partial charge in [0, 0.05) is 17.5 Å². The number of benzene rings is 2. The lowest BCUT2D eigenvalue weighted by atomic mass is 10.1. The summed E-state index contributed by atoms with van der Waals surface area (Å²) in [7, 11) is -3.50. The fraction of sp³-hybridized carbons (Fsp3) is 0.350. The van der Waals surface area contributed by atoms with Gasteiger partial charge in [-0.2, -0.15) is 0 Å². The highest BCUT2D eigenvalue weighted by Gasteiger charge is 2.15. The van der Waals surface area contributed by atoms with Crippen LogP contribution in [-0.4, -0.2) is 20.4 Å². The molecular formula is C20H25ClN2O3S. The smallest absolute Gasteiger partial charge is 0.240 e. The largest absolute Gasteiger partial charge is 0.350 e. The summed E-state index contributed by atoms with van der Waals surface area (Å²) in [6, 6.07) is 13.7. The van der Waals surface area contributed by atoms with Crippen LogP contribution in [0.15, 0.2) is 53.4 Å². The van der Waals surface area contributed by atoms with Crippen LogP contribution in [0.25, 0.3) is 0 Å². The van der Waals surface area contributed by atoms with Gasteiger partial charge >= 0.3 is 0 Å². The van der Waals surface area contributed by atoms with E-state index in [0.717, 1.165) is 11.1 Å². The highest BCUT2D eigenvalue weighted by Crippen LogP contribution is 2.17. The zero-order valence-electron chi connectivity index (χ0n) is 15.7. The van der Waals surface area contributed by atoms with Crippen LogP contribution >= 0.6 is 11.6 Å². The van der Waals surface area contributed by atoms with E-state index < -0.39 is 10.0 Å². The van der Waals surface area contributed by atoms with Crippen molar-refractivity contribution in [3.05, 3.63) is 64.7 Å². The molecule has 5 nitrogen and oxygen atoms in total. The van der Waals surface area contributed by atoms with E-state index in [9.17, 15) is 13.2 Å².